The van der Waals surface area contributed by atoms with Crippen LogP contribution < -0.4 is 0 Å². The highest BCUT2D eigenvalue weighted by molar-refractivity contribution is 7.89. The topological polar surface area (TPSA) is 40.6 Å². The van der Waals surface area contributed by atoms with Crippen LogP contribution in [0.25, 0.3) is 0 Å². The van der Waals surface area contributed by atoms with Crippen molar-refractivity contribution in [2.75, 3.05) is 18.8 Å². The second-order valence-corrected chi connectivity index (χ2v) is 7.33. The van der Waals surface area contributed by atoms with Crippen LogP contribution in [0.15, 0.2) is 0 Å². The highest BCUT2D eigenvalue weighted by atomic mass is 32.2. The Labute approximate surface area is 98.7 Å². The first kappa shape index (κ1) is 12.3. The SMILES string of the molecule is CCS(=O)(=O)N1C2CCC1CN(C(C)C)C2. The Balaban J connectivity index is 2.17. The van der Waals surface area contributed by atoms with Crippen molar-refractivity contribution in [1.82, 2.24) is 9.21 Å². The van der Waals surface area contributed by atoms with Crippen LogP contribution in [0.4, 0.5) is 0 Å². The van der Waals surface area contributed by atoms with Gasteiger partial charge >= 0.3 is 0 Å². The van der Waals surface area contributed by atoms with Crippen molar-refractivity contribution >= 4 is 10.0 Å². The Morgan fingerprint density at radius 2 is 1.69 bits per heavy atom. The molecule has 0 amide bonds. The number of sulfonamides is 1. The molecule has 2 unspecified atom stereocenters. The number of likely N-dealkylation sites (tertiary alicyclic amines) is 1. The fraction of sp³-hybridized carbons (Fsp3) is 1.00. The van der Waals surface area contributed by atoms with Gasteiger partial charge in [-0.15, -0.1) is 0 Å². The Hall–Kier alpha value is -0.130. The molecule has 2 heterocycles. The van der Waals surface area contributed by atoms with E-state index in [4.69, 9.17) is 0 Å². The lowest BCUT2D eigenvalue weighted by Crippen LogP contribution is -2.57. The molecular formula is C11H22N2O2S. The molecule has 2 bridgehead atoms. The van der Waals surface area contributed by atoms with Crippen LogP contribution in [0.1, 0.15) is 33.6 Å². The first-order valence-corrected chi connectivity index (χ1v) is 7.82. The quantitative estimate of drug-likeness (QED) is 0.742. The standard InChI is InChI=1S/C11H22N2O2S/c1-4-16(14,15)13-10-5-6-11(13)8-12(7-10)9(2)3/h9-11H,4-8H2,1-3H3. The van der Waals surface area contributed by atoms with Gasteiger partial charge in [-0.25, -0.2) is 8.42 Å². The monoisotopic (exact) mass is 246 g/mol. The maximum Gasteiger partial charge on any atom is 0.214 e. The fourth-order valence-corrected chi connectivity index (χ4v) is 4.47. The van der Waals surface area contributed by atoms with Gasteiger partial charge in [0.2, 0.25) is 10.0 Å². The van der Waals surface area contributed by atoms with E-state index in [1.807, 2.05) is 0 Å². The van der Waals surface area contributed by atoms with Gasteiger partial charge in [0.05, 0.1) is 5.75 Å². The Kier molecular flexibility index (Phi) is 3.29. The zero-order chi connectivity index (χ0) is 11.9. The molecule has 2 fully saturated rings. The molecule has 5 heteroatoms. The van der Waals surface area contributed by atoms with Crippen LogP contribution in [0.2, 0.25) is 0 Å². The number of hydrogen-bond donors (Lipinski definition) is 0. The average Bonchev–Trinajstić information content (AvgIpc) is 2.51. The van der Waals surface area contributed by atoms with Crippen LogP contribution in [-0.2, 0) is 10.0 Å². The highest BCUT2D eigenvalue weighted by Gasteiger charge is 2.45. The van der Waals surface area contributed by atoms with Gasteiger partial charge in [-0.05, 0) is 33.6 Å². The van der Waals surface area contributed by atoms with Crippen LogP contribution >= 0.6 is 0 Å². The van der Waals surface area contributed by atoms with Gasteiger partial charge in [-0.1, -0.05) is 0 Å². The molecule has 2 saturated heterocycles. The Morgan fingerprint density at radius 3 is 2.06 bits per heavy atom. The average molecular weight is 246 g/mol. The van der Waals surface area contributed by atoms with E-state index >= 15 is 0 Å². The van der Waals surface area contributed by atoms with Crippen LogP contribution in [0.5, 0.6) is 0 Å². The number of piperazine rings is 1. The molecule has 94 valence electrons. The van der Waals surface area contributed by atoms with E-state index in [9.17, 15) is 8.42 Å². The van der Waals surface area contributed by atoms with E-state index < -0.39 is 10.0 Å². The largest absolute Gasteiger partial charge is 0.298 e. The molecule has 0 aliphatic carbocycles. The van der Waals surface area contributed by atoms with E-state index in [0.717, 1.165) is 25.9 Å². The molecule has 2 aliphatic rings. The zero-order valence-corrected chi connectivity index (χ0v) is 11.2. The first-order chi connectivity index (χ1) is 7.45. The number of fused-ring (bicyclic) bond motifs is 2. The molecule has 0 saturated carbocycles. The minimum absolute atomic E-state index is 0.228. The molecule has 4 nitrogen and oxygen atoms in total. The van der Waals surface area contributed by atoms with Gasteiger partial charge in [0.25, 0.3) is 0 Å². The van der Waals surface area contributed by atoms with Crippen molar-refractivity contribution in [3.05, 3.63) is 0 Å². The maximum atomic E-state index is 12.0. The van der Waals surface area contributed by atoms with Crippen molar-refractivity contribution in [3.8, 4) is 0 Å². The van der Waals surface area contributed by atoms with Crippen molar-refractivity contribution in [3.63, 3.8) is 0 Å². The second kappa shape index (κ2) is 4.27. The predicted molar refractivity (Wildman–Crippen MR) is 64.8 cm³/mol. The number of rotatable bonds is 3. The predicted octanol–water partition coefficient (Wildman–Crippen LogP) is 0.893. The summed E-state index contributed by atoms with van der Waals surface area (Å²) in [7, 11) is -3.00. The van der Waals surface area contributed by atoms with E-state index in [0.29, 0.717) is 6.04 Å². The minimum atomic E-state index is -3.00. The lowest BCUT2D eigenvalue weighted by Gasteiger charge is -2.41. The normalized spacial score (nSPS) is 32.5. The third kappa shape index (κ3) is 2.00. The van der Waals surface area contributed by atoms with Crippen molar-refractivity contribution in [1.29, 1.82) is 0 Å². The van der Waals surface area contributed by atoms with Crippen molar-refractivity contribution < 1.29 is 8.42 Å². The molecular weight excluding hydrogens is 224 g/mol. The summed E-state index contributed by atoms with van der Waals surface area (Å²) < 4.78 is 25.8. The Morgan fingerprint density at radius 1 is 1.19 bits per heavy atom. The summed E-state index contributed by atoms with van der Waals surface area (Å²) in [5.41, 5.74) is 0. The molecule has 2 rings (SSSR count). The maximum absolute atomic E-state index is 12.0. The molecule has 0 aromatic rings. The molecule has 2 aliphatic heterocycles. The summed E-state index contributed by atoms with van der Waals surface area (Å²) in [5.74, 6) is 0.238. The van der Waals surface area contributed by atoms with Gasteiger partial charge < -0.3 is 0 Å². The van der Waals surface area contributed by atoms with Crippen LogP contribution in [0.3, 0.4) is 0 Å². The van der Waals surface area contributed by atoms with Crippen LogP contribution in [-0.4, -0.2) is 54.6 Å². The van der Waals surface area contributed by atoms with Crippen molar-refractivity contribution in [2.45, 2.75) is 51.7 Å². The molecule has 16 heavy (non-hydrogen) atoms. The fourth-order valence-electron chi connectivity index (χ4n) is 2.92. The molecule has 0 N–H and O–H groups in total. The van der Waals surface area contributed by atoms with Gasteiger partial charge in [-0.3, -0.25) is 4.90 Å². The Bertz CT molecular complexity index is 339. The minimum Gasteiger partial charge on any atom is -0.298 e. The highest BCUT2D eigenvalue weighted by Crippen LogP contribution is 2.33. The smallest absolute Gasteiger partial charge is 0.214 e. The number of nitrogens with zero attached hydrogens (tertiary/aromatic N) is 2. The van der Waals surface area contributed by atoms with Gasteiger partial charge in [0.1, 0.15) is 0 Å². The molecule has 0 radical (unpaired) electrons. The second-order valence-electron chi connectivity index (χ2n) is 5.16. The third-order valence-electron chi connectivity index (χ3n) is 3.86. The summed E-state index contributed by atoms with van der Waals surface area (Å²) in [4.78, 5) is 2.41. The number of hydrogen-bond acceptors (Lipinski definition) is 3. The first-order valence-electron chi connectivity index (χ1n) is 6.21. The summed E-state index contributed by atoms with van der Waals surface area (Å²) >= 11 is 0. The van der Waals surface area contributed by atoms with E-state index in [1.165, 1.54) is 0 Å². The summed E-state index contributed by atoms with van der Waals surface area (Å²) in [6.45, 7) is 7.93. The van der Waals surface area contributed by atoms with Crippen LogP contribution in [0, 0.1) is 0 Å². The summed E-state index contributed by atoms with van der Waals surface area (Å²) in [6, 6.07) is 0.979. The van der Waals surface area contributed by atoms with Gasteiger partial charge in [0, 0.05) is 31.2 Å². The van der Waals surface area contributed by atoms with Crippen molar-refractivity contribution in [2.24, 2.45) is 0 Å². The molecule has 0 aromatic heterocycles. The lowest BCUT2D eigenvalue weighted by atomic mass is 10.2. The third-order valence-corrected chi connectivity index (χ3v) is 5.83. The summed E-state index contributed by atoms with van der Waals surface area (Å²) in [6.07, 6.45) is 2.07. The molecule has 2 atom stereocenters. The van der Waals surface area contributed by atoms with E-state index in [1.54, 1.807) is 11.2 Å². The molecule has 0 spiro atoms. The van der Waals surface area contributed by atoms with E-state index in [-0.39, 0.29) is 17.8 Å². The van der Waals surface area contributed by atoms with Gasteiger partial charge in [0.15, 0.2) is 0 Å². The van der Waals surface area contributed by atoms with E-state index in [2.05, 4.69) is 18.7 Å². The lowest BCUT2D eigenvalue weighted by molar-refractivity contribution is 0.103. The zero-order valence-electron chi connectivity index (χ0n) is 10.4. The van der Waals surface area contributed by atoms with Gasteiger partial charge in [-0.2, -0.15) is 4.31 Å². The summed E-state index contributed by atoms with van der Waals surface area (Å²) in [5, 5.41) is 0. The molecule has 0 aromatic carbocycles.